The lowest BCUT2D eigenvalue weighted by Gasteiger charge is -2.34. The fraction of sp³-hybridized carbons (Fsp3) is 0.417. The van der Waals surface area contributed by atoms with Crippen LogP contribution in [0.2, 0.25) is 0 Å². The van der Waals surface area contributed by atoms with Gasteiger partial charge in [-0.1, -0.05) is 67.6 Å². The first-order valence-electron chi connectivity index (χ1n) is 15.8. The van der Waals surface area contributed by atoms with Gasteiger partial charge < -0.3 is 29.5 Å². The van der Waals surface area contributed by atoms with Gasteiger partial charge in [0, 0.05) is 36.2 Å². The quantitative estimate of drug-likeness (QED) is 0.346. The molecule has 0 aromatic heterocycles. The first-order chi connectivity index (χ1) is 22.0. The lowest BCUT2D eigenvalue weighted by molar-refractivity contribution is -0.150. The standard InChI is InChI=1S/C36H41N3O7/c1-24-32(35(2,3)44)30(21-31(41)37(17-19-40)22-25-9-5-4-6-10-25)46-36(24)28-11-7-8-12-29(28)39(33(36)42)23-26-13-15-27(16-14-26)38-18-20-45-34(38)43/h4-16,24,30,32,40,44H,17-23H2,1-3H3/t24-,30+,32-,36+/m1/s1. The second-order valence-electron chi connectivity index (χ2n) is 12.9. The normalized spacial score (nSPS) is 24.1. The van der Waals surface area contributed by atoms with E-state index in [0.717, 1.165) is 22.5 Å². The molecule has 3 aliphatic rings. The monoisotopic (exact) mass is 627 g/mol. The molecule has 0 bridgehead atoms. The molecule has 3 amide bonds. The second kappa shape index (κ2) is 12.5. The largest absolute Gasteiger partial charge is 0.447 e. The van der Waals surface area contributed by atoms with Crippen LogP contribution in [0.5, 0.6) is 0 Å². The smallest absolute Gasteiger partial charge is 0.414 e. The van der Waals surface area contributed by atoms with Crippen molar-refractivity contribution in [1.29, 1.82) is 0 Å². The summed E-state index contributed by atoms with van der Waals surface area (Å²) in [6.45, 7) is 6.73. The van der Waals surface area contributed by atoms with Gasteiger partial charge in [0.25, 0.3) is 5.91 Å². The highest BCUT2D eigenvalue weighted by molar-refractivity contribution is 6.07. The summed E-state index contributed by atoms with van der Waals surface area (Å²) in [7, 11) is 0. The highest BCUT2D eigenvalue weighted by Gasteiger charge is 2.66. The van der Waals surface area contributed by atoms with Gasteiger partial charge in [-0.25, -0.2) is 4.79 Å². The molecular formula is C36H41N3O7. The first kappa shape index (κ1) is 31.7. The van der Waals surface area contributed by atoms with Crippen LogP contribution in [0.3, 0.4) is 0 Å². The molecule has 4 atom stereocenters. The molecule has 242 valence electrons. The van der Waals surface area contributed by atoms with Crippen molar-refractivity contribution in [3.63, 3.8) is 0 Å². The average Bonchev–Trinajstić information content (AvgIpc) is 3.67. The number of cyclic esters (lactones) is 1. The van der Waals surface area contributed by atoms with E-state index < -0.39 is 29.1 Å². The number of hydrogen-bond donors (Lipinski definition) is 2. The van der Waals surface area contributed by atoms with Crippen LogP contribution in [-0.4, -0.2) is 71.0 Å². The topological polar surface area (TPSA) is 120 Å². The maximum absolute atomic E-state index is 14.6. The van der Waals surface area contributed by atoms with Crippen LogP contribution in [-0.2, 0) is 37.8 Å². The summed E-state index contributed by atoms with van der Waals surface area (Å²) in [5.41, 5.74) is 1.31. The number of benzene rings is 3. The Morgan fingerprint density at radius 3 is 2.35 bits per heavy atom. The number of para-hydroxylation sites is 1. The molecule has 6 rings (SSSR count). The highest BCUT2D eigenvalue weighted by Crippen LogP contribution is 2.58. The van der Waals surface area contributed by atoms with Gasteiger partial charge in [-0.15, -0.1) is 0 Å². The molecule has 3 aromatic carbocycles. The average molecular weight is 628 g/mol. The Hall–Kier alpha value is -4.25. The van der Waals surface area contributed by atoms with Crippen molar-refractivity contribution in [1.82, 2.24) is 4.90 Å². The molecule has 2 fully saturated rings. The van der Waals surface area contributed by atoms with Crippen molar-refractivity contribution in [3.8, 4) is 0 Å². The zero-order valence-electron chi connectivity index (χ0n) is 26.5. The maximum atomic E-state index is 14.6. The number of hydrogen-bond acceptors (Lipinski definition) is 7. The molecule has 3 aromatic rings. The van der Waals surface area contributed by atoms with Crippen LogP contribution in [0.4, 0.5) is 16.2 Å². The van der Waals surface area contributed by atoms with E-state index >= 15 is 0 Å². The molecule has 2 N–H and O–H groups in total. The lowest BCUT2D eigenvalue weighted by Crippen LogP contribution is -2.46. The molecule has 1 spiro atoms. The number of carbonyl (C=O) groups is 3. The molecule has 0 radical (unpaired) electrons. The molecule has 10 heteroatoms. The third-order valence-electron chi connectivity index (χ3n) is 9.56. The van der Waals surface area contributed by atoms with Crippen LogP contribution < -0.4 is 9.80 Å². The number of carbonyl (C=O) groups excluding carboxylic acids is 3. The van der Waals surface area contributed by atoms with E-state index in [1.54, 1.807) is 28.5 Å². The summed E-state index contributed by atoms with van der Waals surface area (Å²) >= 11 is 0. The zero-order valence-corrected chi connectivity index (χ0v) is 26.5. The third kappa shape index (κ3) is 5.65. The molecule has 0 unspecified atom stereocenters. The Bertz CT molecular complexity index is 1590. The predicted octanol–water partition coefficient (Wildman–Crippen LogP) is 4.22. The van der Waals surface area contributed by atoms with Gasteiger partial charge in [-0.3, -0.25) is 14.5 Å². The van der Waals surface area contributed by atoms with Gasteiger partial charge >= 0.3 is 6.09 Å². The van der Waals surface area contributed by atoms with Crippen LogP contribution in [0.25, 0.3) is 0 Å². The number of anilines is 2. The summed E-state index contributed by atoms with van der Waals surface area (Å²) in [5.74, 6) is -1.47. The minimum absolute atomic E-state index is 0.0522. The van der Waals surface area contributed by atoms with E-state index in [-0.39, 0.29) is 44.0 Å². The second-order valence-corrected chi connectivity index (χ2v) is 12.9. The van der Waals surface area contributed by atoms with Crippen molar-refractivity contribution in [3.05, 3.63) is 95.6 Å². The van der Waals surface area contributed by atoms with E-state index in [9.17, 15) is 24.6 Å². The number of aliphatic hydroxyl groups excluding tert-OH is 1. The Morgan fingerprint density at radius 2 is 1.70 bits per heavy atom. The van der Waals surface area contributed by atoms with E-state index in [0.29, 0.717) is 25.3 Å². The fourth-order valence-corrected chi connectivity index (χ4v) is 7.50. The zero-order chi connectivity index (χ0) is 32.6. The molecule has 3 heterocycles. The molecule has 0 saturated carbocycles. The SMILES string of the molecule is C[C@@H]1[C@@H](C(C)(C)O)[C@H](CC(=O)N(CCO)Cc2ccccc2)O[C@@]12C(=O)N(Cc1ccc(N3CCOC3=O)cc1)c1ccccc12. The first-order valence-corrected chi connectivity index (χ1v) is 15.8. The van der Waals surface area contributed by atoms with Gasteiger partial charge in [0.2, 0.25) is 5.91 Å². The van der Waals surface area contributed by atoms with Gasteiger partial charge in [0.1, 0.15) is 6.61 Å². The maximum Gasteiger partial charge on any atom is 0.414 e. The van der Waals surface area contributed by atoms with E-state index in [1.807, 2.05) is 85.8 Å². The van der Waals surface area contributed by atoms with Crippen molar-refractivity contribution in [2.45, 2.75) is 57.6 Å². The predicted molar refractivity (Wildman–Crippen MR) is 172 cm³/mol. The number of nitrogens with zero attached hydrogens (tertiary/aromatic N) is 3. The van der Waals surface area contributed by atoms with Gasteiger partial charge in [-0.05, 0) is 43.2 Å². The summed E-state index contributed by atoms with van der Waals surface area (Å²) in [6.07, 6.45) is -1.18. The van der Waals surface area contributed by atoms with Gasteiger partial charge in [-0.2, -0.15) is 0 Å². The van der Waals surface area contributed by atoms with Gasteiger partial charge in [0.15, 0.2) is 5.60 Å². The molecule has 46 heavy (non-hydrogen) atoms. The Morgan fingerprint density at radius 1 is 1.00 bits per heavy atom. The molecule has 10 nitrogen and oxygen atoms in total. The minimum atomic E-state index is -1.40. The van der Waals surface area contributed by atoms with Crippen molar-refractivity contribution >= 4 is 29.3 Å². The van der Waals surface area contributed by atoms with Crippen molar-refractivity contribution in [2.24, 2.45) is 11.8 Å². The summed E-state index contributed by atoms with van der Waals surface area (Å²) < 4.78 is 11.9. The number of amides is 3. The van der Waals surface area contributed by atoms with E-state index in [1.165, 1.54) is 0 Å². The van der Waals surface area contributed by atoms with Crippen molar-refractivity contribution < 1.29 is 34.1 Å². The molecule has 0 aliphatic carbocycles. The van der Waals surface area contributed by atoms with E-state index in [2.05, 4.69) is 0 Å². The van der Waals surface area contributed by atoms with Gasteiger partial charge in [0.05, 0.1) is 43.5 Å². The molecule has 3 aliphatic heterocycles. The van der Waals surface area contributed by atoms with Crippen LogP contribution in [0, 0.1) is 11.8 Å². The summed E-state index contributed by atoms with van der Waals surface area (Å²) in [6, 6.07) is 24.6. The number of aliphatic hydroxyl groups is 2. The fourth-order valence-electron chi connectivity index (χ4n) is 7.50. The van der Waals surface area contributed by atoms with Crippen LogP contribution in [0.15, 0.2) is 78.9 Å². The van der Waals surface area contributed by atoms with Crippen LogP contribution >= 0.6 is 0 Å². The van der Waals surface area contributed by atoms with Crippen LogP contribution in [0.1, 0.15) is 43.9 Å². The molecular weight excluding hydrogens is 586 g/mol. The molecule has 2 saturated heterocycles. The van der Waals surface area contributed by atoms with E-state index in [4.69, 9.17) is 9.47 Å². The Balaban J connectivity index is 1.28. The lowest BCUT2D eigenvalue weighted by atomic mass is 9.71. The van der Waals surface area contributed by atoms with Crippen molar-refractivity contribution in [2.75, 3.05) is 36.1 Å². The number of ether oxygens (including phenoxy) is 2. The summed E-state index contributed by atoms with van der Waals surface area (Å²) in [5, 5.41) is 21.2. The number of fused-ring (bicyclic) bond motifs is 2. The Kier molecular flexibility index (Phi) is 8.62. The third-order valence-corrected chi connectivity index (χ3v) is 9.56. The minimum Gasteiger partial charge on any atom is -0.447 e. The Labute approximate surface area is 269 Å². The highest BCUT2D eigenvalue weighted by atomic mass is 16.6. The summed E-state index contributed by atoms with van der Waals surface area (Å²) in [4.78, 5) is 45.3. The number of rotatable bonds is 10.